The van der Waals surface area contributed by atoms with Gasteiger partial charge < -0.3 is 4.74 Å². The molecule has 4 heteroatoms. The van der Waals surface area contributed by atoms with Crippen molar-refractivity contribution >= 4 is 5.97 Å². The first-order valence-electron chi connectivity index (χ1n) is 7.38. The van der Waals surface area contributed by atoms with Crippen molar-refractivity contribution in [2.24, 2.45) is 5.92 Å². The van der Waals surface area contributed by atoms with Gasteiger partial charge in [-0.15, -0.1) is 0 Å². The third-order valence-electron chi connectivity index (χ3n) is 3.74. The molecule has 0 atom stereocenters. The largest absolute Gasteiger partial charge is 0.459 e. The molecule has 0 radical (unpaired) electrons. The number of halogens is 1. The zero-order valence-electron chi connectivity index (χ0n) is 12.2. The Bertz CT molecular complexity index is 591. The van der Waals surface area contributed by atoms with Crippen molar-refractivity contribution < 1.29 is 13.9 Å². The van der Waals surface area contributed by atoms with Crippen LogP contribution in [0.3, 0.4) is 0 Å². The number of esters is 1. The summed E-state index contributed by atoms with van der Waals surface area (Å²) < 4.78 is 18.3. The SMILES string of the molecule is N#C/C=C/C=C/[C@H]1CC[C@H](OC(=O)c2ccc(F)cc2)CC1. The van der Waals surface area contributed by atoms with E-state index in [1.54, 1.807) is 6.08 Å². The van der Waals surface area contributed by atoms with Gasteiger partial charge in [0, 0.05) is 6.08 Å². The minimum atomic E-state index is -0.393. The van der Waals surface area contributed by atoms with E-state index in [1.165, 1.54) is 30.3 Å². The highest BCUT2D eigenvalue weighted by molar-refractivity contribution is 5.89. The molecule has 114 valence electrons. The number of benzene rings is 1. The van der Waals surface area contributed by atoms with E-state index in [9.17, 15) is 9.18 Å². The molecule has 1 aromatic rings. The molecule has 0 aliphatic heterocycles. The van der Waals surface area contributed by atoms with Crippen molar-refractivity contribution in [1.82, 2.24) is 0 Å². The lowest BCUT2D eigenvalue weighted by Gasteiger charge is -2.26. The highest BCUT2D eigenvalue weighted by atomic mass is 19.1. The first-order valence-corrected chi connectivity index (χ1v) is 7.38. The third kappa shape index (κ3) is 4.85. The molecule has 0 spiro atoms. The predicted molar refractivity (Wildman–Crippen MR) is 81.5 cm³/mol. The van der Waals surface area contributed by atoms with Crippen molar-refractivity contribution in [3.63, 3.8) is 0 Å². The van der Waals surface area contributed by atoms with Crippen LogP contribution in [0.2, 0.25) is 0 Å². The molecule has 1 aromatic carbocycles. The fourth-order valence-corrected chi connectivity index (χ4v) is 2.52. The Morgan fingerprint density at radius 2 is 1.86 bits per heavy atom. The van der Waals surface area contributed by atoms with Gasteiger partial charge in [0.2, 0.25) is 0 Å². The molecule has 0 heterocycles. The van der Waals surface area contributed by atoms with Gasteiger partial charge in [0.15, 0.2) is 0 Å². The molecule has 0 unspecified atom stereocenters. The van der Waals surface area contributed by atoms with Crippen molar-refractivity contribution in [1.29, 1.82) is 5.26 Å². The summed E-state index contributed by atoms with van der Waals surface area (Å²) in [5, 5.41) is 8.39. The zero-order valence-corrected chi connectivity index (χ0v) is 12.2. The summed E-state index contributed by atoms with van der Waals surface area (Å²) in [6, 6.07) is 7.33. The van der Waals surface area contributed by atoms with Crippen LogP contribution < -0.4 is 0 Å². The third-order valence-corrected chi connectivity index (χ3v) is 3.74. The molecule has 0 amide bonds. The Balaban J connectivity index is 1.79. The second-order valence-corrected chi connectivity index (χ2v) is 5.32. The Hall–Kier alpha value is -2.41. The van der Waals surface area contributed by atoms with Crippen LogP contribution in [0.4, 0.5) is 4.39 Å². The van der Waals surface area contributed by atoms with Crippen LogP contribution in [-0.4, -0.2) is 12.1 Å². The fraction of sp³-hybridized carbons (Fsp3) is 0.333. The Morgan fingerprint density at radius 1 is 1.18 bits per heavy atom. The lowest BCUT2D eigenvalue weighted by Crippen LogP contribution is -2.24. The molecule has 0 bridgehead atoms. The highest BCUT2D eigenvalue weighted by Gasteiger charge is 2.23. The molecule has 1 saturated carbocycles. The summed E-state index contributed by atoms with van der Waals surface area (Å²) in [5.74, 6) is -0.297. The standard InChI is InChI=1S/C18H18FNO2/c19-16-9-7-15(8-10-16)18(21)22-17-11-5-14(6-12-17)4-2-1-3-13-20/h1-4,7-10,14,17H,5-6,11-12H2/b3-1+,4-2+/t14-,17-. The fourth-order valence-electron chi connectivity index (χ4n) is 2.52. The maximum atomic E-state index is 12.8. The first kappa shape index (κ1) is 16.0. The molecule has 1 fully saturated rings. The van der Waals surface area contributed by atoms with Gasteiger partial charge >= 0.3 is 5.97 Å². The zero-order chi connectivity index (χ0) is 15.8. The second kappa shape index (κ2) is 8.14. The van der Waals surface area contributed by atoms with E-state index < -0.39 is 5.97 Å². The van der Waals surface area contributed by atoms with E-state index in [0.29, 0.717) is 11.5 Å². The topological polar surface area (TPSA) is 50.1 Å². The lowest BCUT2D eigenvalue weighted by atomic mass is 9.87. The number of carbonyl (C=O) groups excluding carboxylic acids is 1. The Kier molecular flexibility index (Phi) is 5.91. The smallest absolute Gasteiger partial charge is 0.338 e. The van der Waals surface area contributed by atoms with E-state index >= 15 is 0 Å². The molecular weight excluding hydrogens is 281 g/mol. The van der Waals surface area contributed by atoms with E-state index in [2.05, 4.69) is 6.08 Å². The van der Waals surface area contributed by atoms with E-state index in [0.717, 1.165) is 25.7 Å². The second-order valence-electron chi connectivity index (χ2n) is 5.32. The molecule has 0 aromatic heterocycles. The number of carbonyl (C=O) groups is 1. The molecule has 1 aliphatic carbocycles. The summed E-state index contributed by atoms with van der Waals surface area (Å²) in [5.41, 5.74) is 0.380. The van der Waals surface area contributed by atoms with Gasteiger partial charge in [0.1, 0.15) is 11.9 Å². The van der Waals surface area contributed by atoms with E-state index in [4.69, 9.17) is 10.00 Å². The predicted octanol–water partition coefficient (Wildman–Crippen LogP) is 4.18. The number of hydrogen-bond acceptors (Lipinski definition) is 3. The minimum Gasteiger partial charge on any atom is -0.459 e. The van der Waals surface area contributed by atoms with Crippen LogP contribution in [0.25, 0.3) is 0 Å². The van der Waals surface area contributed by atoms with Gasteiger partial charge in [-0.1, -0.05) is 18.2 Å². The van der Waals surface area contributed by atoms with Crippen molar-refractivity contribution in [3.05, 3.63) is 60.0 Å². The summed E-state index contributed by atoms with van der Waals surface area (Å²) in [7, 11) is 0. The molecular formula is C18H18FNO2. The van der Waals surface area contributed by atoms with Gasteiger partial charge in [-0.3, -0.25) is 0 Å². The highest BCUT2D eigenvalue weighted by Crippen LogP contribution is 2.27. The van der Waals surface area contributed by atoms with E-state index in [-0.39, 0.29) is 11.9 Å². The summed E-state index contributed by atoms with van der Waals surface area (Å²) in [6.45, 7) is 0. The summed E-state index contributed by atoms with van der Waals surface area (Å²) in [6.07, 6.45) is 10.6. The van der Waals surface area contributed by atoms with Crippen LogP contribution in [0, 0.1) is 23.1 Å². The van der Waals surface area contributed by atoms with Crippen molar-refractivity contribution in [2.45, 2.75) is 31.8 Å². The van der Waals surface area contributed by atoms with Gasteiger partial charge in [0.05, 0.1) is 11.6 Å². The van der Waals surface area contributed by atoms with Crippen LogP contribution in [0.1, 0.15) is 36.0 Å². The maximum Gasteiger partial charge on any atom is 0.338 e. The molecule has 22 heavy (non-hydrogen) atoms. The average Bonchev–Trinajstić information content (AvgIpc) is 2.54. The number of nitrogens with zero attached hydrogens (tertiary/aromatic N) is 1. The van der Waals surface area contributed by atoms with Crippen LogP contribution in [0.5, 0.6) is 0 Å². The van der Waals surface area contributed by atoms with Gasteiger partial charge in [-0.25, -0.2) is 9.18 Å². The molecule has 0 saturated heterocycles. The molecule has 0 N–H and O–H groups in total. The summed E-state index contributed by atoms with van der Waals surface area (Å²) >= 11 is 0. The lowest BCUT2D eigenvalue weighted by molar-refractivity contribution is 0.0185. The number of nitriles is 1. The van der Waals surface area contributed by atoms with Gasteiger partial charge in [0.25, 0.3) is 0 Å². The van der Waals surface area contributed by atoms with Crippen molar-refractivity contribution in [3.8, 4) is 6.07 Å². The van der Waals surface area contributed by atoms with Crippen molar-refractivity contribution in [2.75, 3.05) is 0 Å². The average molecular weight is 299 g/mol. The number of rotatable bonds is 4. The Morgan fingerprint density at radius 3 is 2.50 bits per heavy atom. The molecule has 2 rings (SSSR count). The maximum absolute atomic E-state index is 12.8. The van der Waals surface area contributed by atoms with Gasteiger partial charge in [-0.2, -0.15) is 5.26 Å². The van der Waals surface area contributed by atoms with Crippen LogP contribution >= 0.6 is 0 Å². The minimum absolute atomic E-state index is 0.0724. The number of hydrogen-bond donors (Lipinski definition) is 0. The van der Waals surface area contributed by atoms with Crippen LogP contribution in [-0.2, 0) is 4.74 Å². The number of ether oxygens (including phenoxy) is 1. The summed E-state index contributed by atoms with van der Waals surface area (Å²) in [4.78, 5) is 12.0. The quantitative estimate of drug-likeness (QED) is 0.476. The first-order chi connectivity index (χ1) is 10.7. The van der Waals surface area contributed by atoms with E-state index in [1.807, 2.05) is 12.1 Å². The Labute approximate surface area is 129 Å². The van der Waals surface area contributed by atoms with Crippen LogP contribution in [0.15, 0.2) is 48.6 Å². The molecule has 3 nitrogen and oxygen atoms in total. The van der Waals surface area contributed by atoms with Gasteiger partial charge in [-0.05, 0) is 55.9 Å². The number of allylic oxidation sites excluding steroid dienone is 4. The normalized spacial score (nSPS) is 21.8. The molecule has 1 aliphatic rings. The monoisotopic (exact) mass is 299 g/mol.